The van der Waals surface area contributed by atoms with Crippen molar-refractivity contribution in [3.63, 3.8) is 0 Å². The lowest BCUT2D eigenvalue weighted by molar-refractivity contribution is -0.385. The molecule has 0 heterocycles. The second-order valence-corrected chi connectivity index (χ2v) is 5.67. The van der Waals surface area contributed by atoms with Crippen LogP contribution in [0.4, 0.5) is 11.4 Å². The van der Waals surface area contributed by atoms with E-state index in [0.29, 0.717) is 11.0 Å². The van der Waals surface area contributed by atoms with Gasteiger partial charge in [0.25, 0.3) is 5.69 Å². The highest BCUT2D eigenvalue weighted by atomic mass is 16.6. The number of benzene rings is 1. The standard InChI is InChI=1S/C15H22N2O2/c1-3-15(8-4-5-9-15)11-16-13-6-7-14(17(18)19)12(2)10-13/h6-7,10,16H,3-5,8-9,11H2,1-2H3. The van der Waals surface area contributed by atoms with Crippen molar-refractivity contribution in [3.05, 3.63) is 33.9 Å². The molecule has 1 aromatic carbocycles. The van der Waals surface area contributed by atoms with Gasteiger partial charge in [0, 0.05) is 23.9 Å². The molecule has 0 amide bonds. The molecule has 0 unspecified atom stereocenters. The summed E-state index contributed by atoms with van der Waals surface area (Å²) >= 11 is 0. The van der Waals surface area contributed by atoms with E-state index in [9.17, 15) is 10.1 Å². The summed E-state index contributed by atoms with van der Waals surface area (Å²) < 4.78 is 0. The number of nitrogens with zero attached hydrogens (tertiary/aromatic N) is 1. The molecule has 0 saturated heterocycles. The largest absolute Gasteiger partial charge is 0.384 e. The van der Waals surface area contributed by atoms with Crippen molar-refractivity contribution in [1.29, 1.82) is 0 Å². The van der Waals surface area contributed by atoms with Gasteiger partial charge in [-0.05, 0) is 43.7 Å². The van der Waals surface area contributed by atoms with E-state index in [-0.39, 0.29) is 10.6 Å². The van der Waals surface area contributed by atoms with Gasteiger partial charge in [-0.2, -0.15) is 0 Å². The van der Waals surface area contributed by atoms with Gasteiger partial charge in [0.05, 0.1) is 4.92 Å². The summed E-state index contributed by atoms with van der Waals surface area (Å²) in [6.45, 7) is 5.02. The van der Waals surface area contributed by atoms with Gasteiger partial charge >= 0.3 is 0 Å². The number of nitrogens with one attached hydrogen (secondary N) is 1. The molecule has 1 aliphatic carbocycles. The predicted molar refractivity (Wildman–Crippen MR) is 77.5 cm³/mol. The van der Waals surface area contributed by atoms with Gasteiger partial charge in [-0.1, -0.05) is 19.8 Å². The first kappa shape index (κ1) is 13.8. The zero-order valence-electron chi connectivity index (χ0n) is 11.7. The molecule has 1 fully saturated rings. The lowest BCUT2D eigenvalue weighted by Crippen LogP contribution is -2.25. The molecule has 0 bridgehead atoms. The Morgan fingerprint density at radius 3 is 2.58 bits per heavy atom. The topological polar surface area (TPSA) is 55.2 Å². The van der Waals surface area contributed by atoms with Crippen molar-refractivity contribution in [3.8, 4) is 0 Å². The highest BCUT2D eigenvalue weighted by molar-refractivity contribution is 5.53. The zero-order valence-corrected chi connectivity index (χ0v) is 11.7. The maximum atomic E-state index is 10.8. The molecule has 0 radical (unpaired) electrons. The molecule has 1 saturated carbocycles. The number of hydrogen-bond donors (Lipinski definition) is 1. The van der Waals surface area contributed by atoms with Gasteiger partial charge in [-0.3, -0.25) is 10.1 Å². The fourth-order valence-corrected chi connectivity index (χ4v) is 3.04. The Hall–Kier alpha value is -1.58. The minimum Gasteiger partial charge on any atom is -0.384 e. The number of nitro benzene ring substituents is 1. The molecule has 0 atom stereocenters. The van der Waals surface area contributed by atoms with Crippen LogP contribution >= 0.6 is 0 Å². The molecule has 19 heavy (non-hydrogen) atoms. The van der Waals surface area contributed by atoms with Crippen LogP contribution in [0.1, 0.15) is 44.6 Å². The van der Waals surface area contributed by atoms with Crippen LogP contribution in [0.15, 0.2) is 18.2 Å². The van der Waals surface area contributed by atoms with Crippen molar-refractivity contribution < 1.29 is 4.92 Å². The van der Waals surface area contributed by atoms with Crippen LogP contribution in [0.3, 0.4) is 0 Å². The van der Waals surface area contributed by atoms with E-state index in [1.165, 1.54) is 32.1 Å². The Morgan fingerprint density at radius 1 is 1.37 bits per heavy atom. The minimum atomic E-state index is -0.330. The Labute approximate surface area is 114 Å². The number of rotatable bonds is 5. The molecular weight excluding hydrogens is 240 g/mol. The van der Waals surface area contributed by atoms with E-state index in [2.05, 4.69) is 12.2 Å². The first-order valence-corrected chi connectivity index (χ1v) is 7.05. The second kappa shape index (κ2) is 5.59. The summed E-state index contributed by atoms with van der Waals surface area (Å²) in [5, 5.41) is 14.2. The third-order valence-electron chi connectivity index (χ3n) is 4.48. The average molecular weight is 262 g/mol. The fourth-order valence-electron chi connectivity index (χ4n) is 3.04. The van der Waals surface area contributed by atoms with Gasteiger partial charge in [0.2, 0.25) is 0 Å². The zero-order chi connectivity index (χ0) is 13.9. The fraction of sp³-hybridized carbons (Fsp3) is 0.600. The molecule has 4 nitrogen and oxygen atoms in total. The summed E-state index contributed by atoms with van der Waals surface area (Å²) in [6, 6.07) is 5.27. The van der Waals surface area contributed by atoms with Gasteiger partial charge in [-0.15, -0.1) is 0 Å². The number of nitro groups is 1. The molecule has 4 heteroatoms. The maximum Gasteiger partial charge on any atom is 0.272 e. The van der Waals surface area contributed by atoms with E-state index in [1.54, 1.807) is 13.0 Å². The van der Waals surface area contributed by atoms with E-state index in [4.69, 9.17) is 0 Å². The second-order valence-electron chi connectivity index (χ2n) is 5.67. The van der Waals surface area contributed by atoms with Gasteiger partial charge in [0.15, 0.2) is 0 Å². The predicted octanol–water partition coefficient (Wildman–Crippen LogP) is 4.29. The Balaban J connectivity index is 2.03. The summed E-state index contributed by atoms with van der Waals surface area (Å²) in [5.41, 5.74) is 2.32. The lowest BCUT2D eigenvalue weighted by Gasteiger charge is -2.28. The van der Waals surface area contributed by atoms with Crippen molar-refractivity contribution in [2.45, 2.75) is 46.0 Å². The number of aryl methyl sites for hydroxylation is 1. The first-order valence-electron chi connectivity index (χ1n) is 7.05. The number of hydrogen-bond acceptors (Lipinski definition) is 3. The van der Waals surface area contributed by atoms with Crippen LogP contribution in [0.25, 0.3) is 0 Å². The molecule has 0 aromatic heterocycles. The maximum absolute atomic E-state index is 10.8. The molecule has 1 aromatic rings. The molecule has 1 N–H and O–H groups in total. The van der Waals surface area contributed by atoms with Crippen LogP contribution in [0.5, 0.6) is 0 Å². The molecule has 0 spiro atoms. The van der Waals surface area contributed by atoms with Crippen LogP contribution in [0.2, 0.25) is 0 Å². The van der Waals surface area contributed by atoms with Crippen LogP contribution < -0.4 is 5.32 Å². The molecule has 2 rings (SSSR count). The summed E-state index contributed by atoms with van der Waals surface area (Å²) in [4.78, 5) is 10.5. The highest BCUT2D eigenvalue weighted by Gasteiger charge is 2.31. The average Bonchev–Trinajstić information content (AvgIpc) is 2.85. The van der Waals surface area contributed by atoms with E-state index >= 15 is 0 Å². The molecule has 104 valence electrons. The molecular formula is C15H22N2O2. The number of anilines is 1. The smallest absolute Gasteiger partial charge is 0.272 e. The van der Waals surface area contributed by atoms with Gasteiger partial charge in [-0.25, -0.2) is 0 Å². The monoisotopic (exact) mass is 262 g/mol. The Bertz CT molecular complexity index is 465. The van der Waals surface area contributed by atoms with Crippen molar-refractivity contribution in [2.75, 3.05) is 11.9 Å². The van der Waals surface area contributed by atoms with E-state index in [0.717, 1.165) is 12.2 Å². The minimum absolute atomic E-state index is 0.191. The van der Waals surface area contributed by atoms with Gasteiger partial charge < -0.3 is 5.32 Å². The van der Waals surface area contributed by atoms with Crippen LogP contribution in [0, 0.1) is 22.5 Å². The van der Waals surface area contributed by atoms with Crippen molar-refractivity contribution in [2.24, 2.45) is 5.41 Å². The molecule has 1 aliphatic rings. The van der Waals surface area contributed by atoms with Gasteiger partial charge in [0.1, 0.15) is 0 Å². The molecule has 0 aliphatic heterocycles. The summed E-state index contributed by atoms with van der Waals surface area (Å²) in [6.07, 6.45) is 6.44. The van der Waals surface area contributed by atoms with E-state index < -0.39 is 0 Å². The van der Waals surface area contributed by atoms with Crippen LogP contribution in [-0.2, 0) is 0 Å². The third-order valence-corrected chi connectivity index (χ3v) is 4.48. The normalized spacial score (nSPS) is 17.4. The lowest BCUT2D eigenvalue weighted by atomic mass is 9.83. The van der Waals surface area contributed by atoms with E-state index in [1.807, 2.05) is 12.1 Å². The first-order chi connectivity index (χ1) is 9.06. The summed E-state index contributed by atoms with van der Waals surface area (Å²) in [5.74, 6) is 0. The Morgan fingerprint density at radius 2 is 2.05 bits per heavy atom. The Kier molecular flexibility index (Phi) is 4.08. The van der Waals surface area contributed by atoms with Crippen molar-refractivity contribution in [1.82, 2.24) is 0 Å². The third kappa shape index (κ3) is 3.06. The quantitative estimate of drug-likeness (QED) is 0.636. The highest BCUT2D eigenvalue weighted by Crippen LogP contribution is 2.41. The van der Waals surface area contributed by atoms with Crippen LogP contribution in [-0.4, -0.2) is 11.5 Å². The summed E-state index contributed by atoms with van der Waals surface area (Å²) in [7, 11) is 0. The van der Waals surface area contributed by atoms with Crippen molar-refractivity contribution >= 4 is 11.4 Å². The SMILES string of the molecule is CCC1(CNc2ccc([N+](=O)[O-])c(C)c2)CCCC1.